The van der Waals surface area contributed by atoms with E-state index in [0.717, 1.165) is 43.2 Å². The Kier molecular flexibility index (Phi) is 7.48. The highest BCUT2D eigenvalue weighted by molar-refractivity contribution is 5.95. The molecule has 2 aliphatic heterocycles. The third-order valence-electron chi connectivity index (χ3n) is 6.25. The molecule has 0 unspecified atom stereocenters. The fourth-order valence-corrected chi connectivity index (χ4v) is 4.27. The van der Waals surface area contributed by atoms with Crippen molar-refractivity contribution in [3.8, 4) is 0 Å². The summed E-state index contributed by atoms with van der Waals surface area (Å²) in [5, 5.41) is 3.08. The summed E-state index contributed by atoms with van der Waals surface area (Å²) >= 11 is 0. The molecule has 1 aromatic rings. The molecule has 0 aliphatic carbocycles. The van der Waals surface area contributed by atoms with Crippen LogP contribution in [0.2, 0.25) is 0 Å². The molecule has 2 saturated heterocycles. The number of piperidine rings is 1. The summed E-state index contributed by atoms with van der Waals surface area (Å²) in [6.45, 7) is 10.5. The van der Waals surface area contributed by atoms with E-state index in [1.165, 1.54) is 12.8 Å². The van der Waals surface area contributed by atoms with Crippen LogP contribution in [-0.2, 0) is 9.59 Å². The molecule has 2 aliphatic rings. The molecular weight excluding hydrogens is 362 g/mol. The third kappa shape index (κ3) is 5.92. The predicted octanol–water partition coefficient (Wildman–Crippen LogP) is 3.70. The van der Waals surface area contributed by atoms with Crippen molar-refractivity contribution >= 4 is 23.6 Å². The second-order valence-corrected chi connectivity index (χ2v) is 8.85. The first kappa shape index (κ1) is 21.6. The summed E-state index contributed by atoms with van der Waals surface area (Å²) in [4.78, 5) is 28.5. The number of hydrogen-bond acceptors (Lipinski definition) is 3. The Morgan fingerprint density at radius 3 is 2.45 bits per heavy atom. The lowest BCUT2D eigenvalue weighted by Crippen LogP contribution is -2.49. The molecule has 0 spiro atoms. The molecule has 2 heterocycles. The maximum absolute atomic E-state index is 12.3. The van der Waals surface area contributed by atoms with E-state index in [2.05, 4.69) is 31.0 Å². The summed E-state index contributed by atoms with van der Waals surface area (Å²) in [6.07, 6.45) is 7.49. The molecule has 3 rings (SSSR count). The van der Waals surface area contributed by atoms with Gasteiger partial charge in [-0.2, -0.15) is 0 Å². The van der Waals surface area contributed by atoms with Crippen LogP contribution in [0.25, 0.3) is 6.08 Å². The minimum Gasteiger partial charge on any atom is -0.351 e. The van der Waals surface area contributed by atoms with E-state index < -0.39 is 0 Å². The maximum atomic E-state index is 12.3. The Balaban J connectivity index is 1.50. The van der Waals surface area contributed by atoms with Gasteiger partial charge in [0.05, 0.1) is 0 Å². The van der Waals surface area contributed by atoms with E-state index in [-0.39, 0.29) is 11.8 Å². The van der Waals surface area contributed by atoms with Gasteiger partial charge in [-0.3, -0.25) is 14.5 Å². The quantitative estimate of drug-likeness (QED) is 0.714. The van der Waals surface area contributed by atoms with Crippen molar-refractivity contribution in [3.05, 3.63) is 35.9 Å². The normalized spacial score (nSPS) is 20.0. The van der Waals surface area contributed by atoms with Gasteiger partial charge in [-0.25, -0.2) is 0 Å². The molecule has 0 radical (unpaired) electrons. The smallest absolute Gasteiger partial charge is 0.244 e. The molecule has 0 bridgehead atoms. The van der Waals surface area contributed by atoms with E-state index >= 15 is 0 Å². The summed E-state index contributed by atoms with van der Waals surface area (Å²) in [7, 11) is 0. The van der Waals surface area contributed by atoms with Gasteiger partial charge in [0.1, 0.15) is 0 Å². The number of amides is 2. The molecule has 1 N–H and O–H groups in total. The standard InChI is InChI=1S/C24H35N3O2/c1-18(2)22(26-15-12-19(3)13-16-26)17-25-23(28)11-8-20-6-9-21(10-7-20)27-14-4-5-24(27)29/h6-11,18-19,22H,4-5,12-17H2,1-3H3,(H,25,28)/b11-8+/t22-/m0/s1. The number of nitrogens with zero attached hydrogens (tertiary/aromatic N) is 2. The van der Waals surface area contributed by atoms with E-state index in [1.807, 2.05) is 35.2 Å². The summed E-state index contributed by atoms with van der Waals surface area (Å²) < 4.78 is 0. The van der Waals surface area contributed by atoms with Gasteiger partial charge < -0.3 is 10.2 Å². The Morgan fingerprint density at radius 1 is 1.17 bits per heavy atom. The molecule has 158 valence electrons. The third-order valence-corrected chi connectivity index (χ3v) is 6.25. The van der Waals surface area contributed by atoms with Crippen LogP contribution in [0.1, 0.15) is 52.0 Å². The molecule has 5 nitrogen and oxygen atoms in total. The lowest BCUT2D eigenvalue weighted by Gasteiger charge is -2.38. The van der Waals surface area contributed by atoms with Gasteiger partial charge in [0.25, 0.3) is 0 Å². The minimum atomic E-state index is -0.0557. The minimum absolute atomic E-state index is 0.0557. The highest BCUT2D eigenvalue weighted by Crippen LogP contribution is 2.22. The van der Waals surface area contributed by atoms with Gasteiger partial charge in [0, 0.05) is 37.3 Å². The van der Waals surface area contributed by atoms with Gasteiger partial charge >= 0.3 is 0 Å². The zero-order valence-electron chi connectivity index (χ0n) is 18.1. The molecule has 2 fully saturated rings. The van der Waals surface area contributed by atoms with E-state index in [0.29, 0.717) is 24.9 Å². The second-order valence-electron chi connectivity index (χ2n) is 8.85. The highest BCUT2D eigenvalue weighted by Gasteiger charge is 2.25. The maximum Gasteiger partial charge on any atom is 0.244 e. The van der Waals surface area contributed by atoms with Crippen molar-refractivity contribution in [2.45, 2.75) is 52.5 Å². The van der Waals surface area contributed by atoms with Crippen molar-refractivity contribution in [1.82, 2.24) is 10.2 Å². The van der Waals surface area contributed by atoms with Crippen LogP contribution in [0.3, 0.4) is 0 Å². The first-order valence-electron chi connectivity index (χ1n) is 11.0. The molecule has 0 aromatic heterocycles. The van der Waals surface area contributed by atoms with Crippen LogP contribution in [-0.4, -0.2) is 48.9 Å². The molecule has 2 amide bonds. The molecule has 5 heteroatoms. The molecule has 29 heavy (non-hydrogen) atoms. The Labute approximate surface area is 175 Å². The van der Waals surface area contributed by atoms with Crippen LogP contribution < -0.4 is 10.2 Å². The number of nitrogens with one attached hydrogen (secondary N) is 1. The highest BCUT2D eigenvalue weighted by atomic mass is 16.2. The number of carbonyl (C=O) groups excluding carboxylic acids is 2. The van der Waals surface area contributed by atoms with Gasteiger partial charge in [0.2, 0.25) is 11.8 Å². The number of likely N-dealkylation sites (tertiary alicyclic amines) is 1. The van der Waals surface area contributed by atoms with Gasteiger partial charge in [-0.15, -0.1) is 0 Å². The van der Waals surface area contributed by atoms with Gasteiger partial charge in [-0.1, -0.05) is 32.9 Å². The van der Waals surface area contributed by atoms with Crippen LogP contribution in [0, 0.1) is 11.8 Å². The van der Waals surface area contributed by atoms with Crippen molar-refractivity contribution in [1.29, 1.82) is 0 Å². The Hall–Kier alpha value is -2.14. The molecule has 0 saturated carbocycles. The Bertz CT molecular complexity index is 718. The van der Waals surface area contributed by atoms with Crippen molar-refractivity contribution in [2.75, 3.05) is 31.1 Å². The zero-order chi connectivity index (χ0) is 20.8. The average molecular weight is 398 g/mol. The van der Waals surface area contributed by atoms with E-state index in [4.69, 9.17) is 0 Å². The van der Waals surface area contributed by atoms with Gasteiger partial charge in [0.15, 0.2) is 0 Å². The summed E-state index contributed by atoms with van der Waals surface area (Å²) in [5.41, 5.74) is 1.89. The van der Waals surface area contributed by atoms with Crippen LogP contribution in [0.15, 0.2) is 30.3 Å². The molecular formula is C24H35N3O2. The second kappa shape index (κ2) is 10.1. The number of anilines is 1. The first-order valence-corrected chi connectivity index (χ1v) is 11.0. The summed E-state index contributed by atoms with van der Waals surface area (Å²) in [5.74, 6) is 1.45. The molecule has 1 atom stereocenters. The fourth-order valence-electron chi connectivity index (χ4n) is 4.27. The predicted molar refractivity (Wildman–Crippen MR) is 119 cm³/mol. The first-order chi connectivity index (χ1) is 13.9. The topological polar surface area (TPSA) is 52.7 Å². The van der Waals surface area contributed by atoms with Crippen LogP contribution in [0.4, 0.5) is 5.69 Å². The molecule has 1 aromatic carbocycles. The van der Waals surface area contributed by atoms with Crippen LogP contribution in [0.5, 0.6) is 0 Å². The summed E-state index contributed by atoms with van der Waals surface area (Å²) in [6, 6.07) is 8.20. The van der Waals surface area contributed by atoms with Crippen LogP contribution >= 0.6 is 0 Å². The number of benzene rings is 1. The SMILES string of the molecule is CC1CCN([C@@H](CNC(=O)/C=C/c2ccc(N3CCCC3=O)cc2)C(C)C)CC1. The number of hydrogen-bond donors (Lipinski definition) is 1. The lowest BCUT2D eigenvalue weighted by molar-refractivity contribution is -0.117. The van der Waals surface area contributed by atoms with Crippen molar-refractivity contribution < 1.29 is 9.59 Å². The fraction of sp³-hybridized carbons (Fsp3) is 0.583. The van der Waals surface area contributed by atoms with Gasteiger partial charge in [-0.05, 0) is 68.0 Å². The van der Waals surface area contributed by atoms with E-state index in [9.17, 15) is 9.59 Å². The van der Waals surface area contributed by atoms with Crippen molar-refractivity contribution in [2.24, 2.45) is 11.8 Å². The van der Waals surface area contributed by atoms with Crippen molar-refractivity contribution in [3.63, 3.8) is 0 Å². The number of rotatable bonds is 7. The lowest BCUT2D eigenvalue weighted by atomic mass is 9.94. The number of carbonyl (C=O) groups is 2. The largest absolute Gasteiger partial charge is 0.351 e. The average Bonchev–Trinajstić information content (AvgIpc) is 3.14. The Morgan fingerprint density at radius 2 is 1.86 bits per heavy atom. The monoisotopic (exact) mass is 397 g/mol. The van der Waals surface area contributed by atoms with E-state index in [1.54, 1.807) is 6.08 Å². The zero-order valence-corrected chi connectivity index (χ0v) is 18.1.